The van der Waals surface area contributed by atoms with Crippen molar-refractivity contribution in [3.05, 3.63) is 29.3 Å². The Kier molecular flexibility index (Phi) is 7.05. The number of ether oxygens (including phenoxy) is 1. The number of aldehydes is 1. The molecule has 1 rings (SSSR count). The van der Waals surface area contributed by atoms with E-state index in [1.807, 2.05) is 0 Å². The molecule has 7 heteroatoms. The lowest BCUT2D eigenvalue weighted by molar-refractivity contribution is -0.108. The van der Waals surface area contributed by atoms with Crippen molar-refractivity contribution in [2.45, 2.75) is 26.1 Å². The minimum Gasteiger partial charge on any atom is -0.508 e. The van der Waals surface area contributed by atoms with Gasteiger partial charge in [0.1, 0.15) is 17.7 Å². The fourth-order valence-corrected chi connectivity index (χ4v) is 3.74. The molecule has 1 atom stereocenters. The minimum atomic E-state index is -3.60. The van der Waals surface area contributed by atoms with Crippen LogP contribution in [0.4, 0.5) is 0 Å². The summed E-state index contributed by atoms with van der Waals surface area (Å²) in [5.41, 5.74) is -0.0740. The van der Waals surface area contributed by atoms with Crippen LogP contribution < -0.4 is 0 Å². The van der Waals surface area contributed by atoms with Gasteiger partial charge in [0.25, 0.3) is 0 Å². The molecule has 1 N–H and O–H groups in total. The molecule has 1 aromatic rings. The molecule has 0 radical (unpaired) electrons. The first-order valence-corrected chi connectivity index (χ1v) is 8.28. The smallest absolute Gasteiger partial charge is 0.345 e. The Hall–Kier alpha value is -1.20. The Balaban J connectivity index is 3.22. The van der Waals surface area contributed by atoms with Gasteiger partial charge in [-0.05, 0) is 31.5 Å². The van der Waals surface area contributed by atoms with E-state index in [2.05, 4.69) is 0 Å². The molecule has 0 fully saturated rings. The van der Waals surface area contributed by atoms with Gasteiger partial charge in [0, 0.05) is 12.7 Å². The Bertz CT molecular complexity index is 506. The van der Waals surface area contributed by atoms with Crippen molar-refractivity contribution in [2.75, 3.05) is 20.3 Å². The number of rotatable bonds is 9. The van der Waals surface area contributed by atoms with E-state index in [-0.39, 0.29) is 25.6 Å². The van der Waals surface area contributed by atoms with Crippen molar-refractivity contribution in [2.24, 2.45) is 0 Å². The van der Waals surface area contributed by atoms with Gasteiger partial charge in [0.05, 0.1) is 19.8 Å². The van der Waals surface area contributed by atoms with Gasteiger partial charge in [-0.2, -0.15) is 0 Å². The van der Waals surface area contributed by atoms with Crippen molar-refractivity contribution in [1.82, 2.24) is 0 Å². The van der Waals surface area contributed by atoms with E-state index >= 15 is 0 Å². The molecule has 6 nitrogen and oxygen atoms in total. The number of hydrogen-bond donors (Lipinski definition) is 1. The number of hydrogen-bond acceptors (Lipinski definition) is 6. The second kappa shape index (κ2) is 8.29. The number of benzene rings is 1. The van der Waals surface area contributed by atoms with E-state index in [1.54, 1.807) is 19.9 Å². The van der Waals surface area contributed by atoms with Crippen LogP contribution in [0.5, 0.6) is 5.75 Å². The number of phenols is 1. The van der Waals surface area contributed by atoms with Gasteiger partial charge in [-0.25, -0.2) is 0 Å². The summed E-state index contributed by atoms with van der Waals surface area (Å²) in [7, 11) is -2.10. The third-order valence-corrected chi connectivity index (χ3v) is 5.17. The molecule has 0 bridgehead atoms. The molecule has 21 heavy (non-hydrogen) atoms. The predicted octanol–water partition coefficient (Wildman–Crippen LogP) is 3.04. The summed E-state index contributed by atoms with van der Waals surface area (Å²) in [4.78, 5) is 11.4. The molecule has 1 unspecified atom stereocenters. The molecule has 0 aromatic heterocycles. The van der Waals surface area contributed by atoms with Crippen LogP contribution in [0.3, 0.4) is 0 Å². The van der Waals surface area contributed by atoms with Gasteiger partial charge < -0.3 is 23.7 Å². The van der Waals surface area contributed by atoms with Crippen molar-refractivity contribution < 1.29 is 28.3 Å². The maximum absolute atomic E-state index is 12.7. The summed E-state index contributed by atoms with van der Waals surface area (Å²) in [6.45, 7) is 3.88. The van der Waals surface area contributed by atoms with Crippen LogP contribution in [-0.2, 0) is 29.8 Å². The van der Waals surface area contributed by atoms with Crippen molar-refractivity contribution in [3.8, 4) is 5.75 Å². The summed E-state index contributed by atoms with van der Waals surface area (Å²) in [6, 6.07) is 4.53. The van der Waals surface area contributed by atoms with E-state index in [9.17, 15) is 14.5 Å². The highest BCUT2D eigenvalue weighted by Crippen LogP contribution is 2.60. The molecule has 0 amide bonds. The zero-order chi connectivity index (χ0) is 15.9. The lowest BCUT2D eigenvalue weighted by Crippen LogP contribution is -2.08. The quantitative estimate of drug-likeness (QED) is 0.557. The highest BCUT2D eigenvalue weighted by molar-refractivity contribution is 7.55. The predicted molar refractivity (Wildman–Crippen MR) is 78.5 cm³/mol. The lowest BCUT2D eigenvalue weighted by Gasteiger charge is -2.23. The van der Waals surface area contributed by atoms with Crippen LogP contribution in [0.2, 0.25) is 0 Å². The SMILES string of the molecule is CCOP(=O)(OCC)C(C=O)c1ccc(O)c(COC)c1. The van der Waals surface area contributed by atoms with Crippen LogP contribution in [0.15, 0.2) is 18.2 Å². The third-order valence-electron chi connectivity index (χ3n) is 2.83. The summed E-state index contributed by atoms with van der Waals surface area (Å²) in [6.07, 6.45) is 0.551. The second-order valence-corrected chi connectivity index (χ2v) is 6.43. The summed E-state index contributed by atoms with van der Waals surface area (Å²) < 4.78 is 28.1. The molecule has 0 aliphatic carbocycles. The normalized spacial score (nSPS) is 13.1. The Morgan fingerprint density at radius 1 is 1.29 bits per heavy atom. The number of carbonyl (C=O) groups excluding carboxylic acids is 1. The van der Waals surface area contributed by atoms with Gasteiger partial charge in [-0.3, -0.25) is 4.57 Å². The summed E-state index contributed by atoms with van der Waals surface area (Å²) in [5.74, 6) is 0.0490. The number of methoxy groups -OCH3 is 1. The second-order valence-electron chi connectivity index (χ2n) is 4.28. The van der Waals surface area contributed by atoms with Crippen LogP contribution in [0.25, 0.3) is 0 Å². The first-order valence-electron chi connectivity index (χ1n) is 6.67. The van der Waals surface area contributed by atoms with Gasteiger partial charge in [0.15, 0.2) is 0 Å². The molecule has 0 saturated heterocycles. The zero-order valence-electron chi connectivity index (χ0n) is 12.4. The van der Waals surface area contributed by atoms with E-state index in [0.29, 0.717) is 17.4 Å². The first kappa shape index (κ1) is 17.9. The largest absolute Gasteiger partial charge is 0.508 e. The lowest BCUT2D eigenvalue weighted by atomic mass is 10.1. The van der Waals surface area contributed by atoms with Crippen molar-refractivity contribution in [3.63, 3.8) is 0 Å². The van der Waals surface area contributed by atoms with Crippen LogP contribution in [0, 0.1) is 0 Å². The minimum absolute atomic E-state index is 0.0490. The molecular formula is C14H21O6P. The molecule has 0 spiro atoms. The molecule has 0 heterocycles. The Morgan fingerprint density at radius 3 is 2.38 bits per heavy atom. The van der Waals surface area contributed by atoms with Gasteiger partial charge >= 0.3 is 7.60 Å². The standard InChI is InChI=1S/C14H21O6P/c1-4-19-21(17,20-5-2)14(9-15)11-6-7-13(16)12(8-11)10-18-3/h6-9,14,16H,4-5,10H2,1-3H3. The molecule has 0 aliphatic rings. The van der Waals surface area contributed by atoms with Gasteiger partial charge in [0.2, 0.25) is 0 Å². The molecular weight excluding hydrogens is 295 g/mol. The highest BCUT2D eigenvalue weighted by Gasteiger charge is 2.37. The van der Waals surface area contributed by atoms with E-state index in [1.165, 1.54) is 19.2 Å². The number of phenolic OH excluding ortho intramolecular Hbond substituents is 1. The van der Waals surface area contributed by atoms with E-state index in [4.69, 9.17) is 13.8 Å². The number of aromatic hydroxyl groups is 1. The van der Waals surface area contributed by atoms with E-state index < -0.39 is 13.3 Å². The summed E-state index contributed by atoms with van der Waals surface area (Å²) in [5, 5.41) is 9.73. The maximum atomic E-state index is 12.7. The van der Waals surface area contributed by atoms with Gasteiger partial charge in [-0.15, -0.1) is 0 Å². The average Bonchev–Trinajstić information content (AvgIpc) is 2.43. The average molecular weight is 316 g/mol. The van der Waals surface area contributed by atoms with Crippen LogP contribution in [-0.4, -0.2) is 31.7 Å². The molecule has 118 valence electrons. The van der Waals surface area contributed by atoms with Crippen molar-refractivity contribution in [1.29, 1.82) is 0 Å². The fraction of sp³-hybridized carbons (Fsp3) is 0.500. The van der Waals surface area contributed by atoms with Crippen molar-refractivity contribution >= 4 is 13.9 Å². The third kappa shape index (κ3) is 4.38. The highest BCUT2D eigenvalue weighted by atomic mass is 31.2. The molecule has 1 aromatic carbocycles. The Morgan fingerprint density at radius 2 is 1.90 bits per heavy atom. The topological polar surface area (TPSA) is 82.1 Å². The Labute approximate surface area is 124 Å². The van der Waals surface area contributed by atoms with Gasteiger partial charge in [-0.1, -0.05) is 6.07 Å². The maximum Gasteiger partial charge on any atom is 0.345 e. The van der Waals surface area contributed by atoms with E-state index in [0.717, 1.165) is 0 Å². The van der Waals surface area contributed by atoms with Crippen LogP contribution in [0.1, 0.15) is 30.6 Å². The summed E-state index contributed by atoms with van der Waals surface area (Å²) >= 11 is 0. The first-order chi connectivity index (χ1) is 10.0. The monoisotopic (exact) mass is 316 g/mol. The fourth-order valence-electron chi connectivity index (χ4n) is 1.95. The zero-order valence-corrected chi connectivity index (χ0v) is 13.3. The van der Waals surface area contributed by atoms with Crippen LogP contribution >= 0.6 is 7.60 Å². The molecule has 0 aliphatic heterocycles. The number of carbonyl (C=O) groups is 1. The molecule has 0 saturated carbocycles.